The molecule has 0 saturated carbocycles. The smallest absolute Gasteiger partial charge is 0.280 e. The van der Waals surface area contributed by atoms with Crippen LogP contribution in [0.25, 0.3) is 0 Å². The first-order valence-electron chi connectivity index (χ1n) is 7.64. The zero-order valence-corrected chi connectivity index (χ0v) is 14.2. The summed E-state index contributed by atoms with van der Waals surface area (Å²) >= 11 is 3.32. The number of hydrogen-bond donors (Lipinski definition) is 1. The number of aromatic amines is 1. The fourth-order valence-electron chi connectivity index (χ4n) is 3.15. The summed E-state index contributed by atoms with van der Waals surface area (Å²) in [6.45, 7) is 3.28. The molecule has 2 aliphatic heterocycles. The number of nitrogens with one attached hydrogen (secondary N) is 1. The Morgan fingerprint density at radius 2 is 2.13 bits per heavy atom. The molecule has 0 aliphatic carbocycles. The molecule has 0 radical (unpaired) electrons. The second-order valence-corrected chi connectivity index (χ2v) is 6.41. The molecule has 6 nitrogen and oxygen atoms in total. The number of carbonyl (C=O) groups is 1. The Bertz CT molecular complexity index is 785. The van der Waals surface area contributed by atoms with Gasteiger partial charge in [-0.05, 0) is 34.8 Å². The minimum atomic E-state index is -0.0731. The molecular formula is C16H16BrN5O. The monoisotopic (exact) mass is 373 g/mol. The standard InChI is InChI=1S/C16H16BrN5O/c1-2-21-14(23)12-13(20-15(17)19-12)22-9-11(18-16(21)22)8-10-6-4-3-5-7-10/h3-7,11H,2,8-9H2,1H3,(H,19,20)/t11-/m1/s1. The van der Waals surface area contributed by atoms with E-state index >= 15 is 0 Å². The molecule has 0 spiro atoms. The lowest BCUT2D eigenvalue weighted by Crippen LogP contribution is -2.50. The summed E-state index contributed by atoms with van der Waals surface area (Å²) in [5, 5.41) is 0. The van der Waals surface area contributed by atoms with Crippen molar-refractivity contribution in [1.82, 2.24) is 14.9 Å². The van der Waals surface area contributed by atoms with Gasteiger partial charge in [-0.15, -0.1) is 0 Å². The third kappa shape index (κ3) is 2.35. The maximum Gasteiger partial charge on any atom is 0.280 e. The van der Waals surface area contributed by atoms with E-state index < -0.39 is 0 Å². The van der Waals surface area contributed by atoms with Gasteiger partial charge in [-0.25, -0.2) is 9.98 Å². The zero-order valence-electron chi connectivity index (χ0n) is 12.7. The quantitative estimate of drug-likeness (QED) is 0.898. The summed E-state index contributed by atoms with van der Waals surface area (Å²) in [6.07, 6.45) is 0.855. The van der Waals surface area contributed by atoms with Crippen LogP contribution >= 0.6 is 15.9 Å². The van der Waals surface area contributed by atoms with Crippen molar-refractivity contribution >= 4 is 33.6 Å². The minimum Gasteiger partial charge on any atom is -0.327 e. The van der Waals surface area contributed by atoms with Crippen molar-refractivity contribution in [3.05, 3.63) is 46.3 Å². The van der Waals surface area contributed by atoms with Gasteiger partial charge < -0.3 is 4.98 Å². The lowest BCUT2D eigenvalue weighted by atomic mass is 10.1. The molecular weight excluding hydrogens is 358 g/mol. The molecule has 23 heavy (non-hydrogen) atoms. The van der Waals surface area contributed by atoms with Crippen molar-refractivity contribution < 1.29 is 4.79 Å². The Morgan fingerprint density at radius 1 is 1.35 bits per heavy atom. The Morgan fingerprint density at radius 3 is 2.87 bits per heavy atom. The predicted octanol–water partition coefficient (Wildman–Crippen LogP) is 2.44. The SMILES string of the molecule is CCN1C(=O)c2[nH]c(Br)nc2N2C[C@@H](Cc3ccccc3)N=C12. The maximum atomic E-state index is 12.6. The maximum absolute atomic E-state index is 12.6. The Balaban J connectivity index is 1.68. The number of aliphatic imine (C=N–C) groups is 1. The van der Waals surface area contributed by atoms with Crippen LogP contribution in [0.2, 0.25) is 0 Å². The van der Waals surface area contributed by atoms with Gasteiger partial charge in [0, 0.05) is 6.54 Å². The highest BCUT2D eigenvalue weighted by Gasteiger charge is 2.41. The highest BCUT2D eigenvalue weighted by molar-refractivity contribution is 9.10. The molecule has 4 rings (SSSR count). The number of amides is 1. The molecule has 2 aromatic rings. The summed E-state index contributed by atoms with van der Waals surface area (Å²) in [6, 6.07) is 10.4. The molecule has 0 bridgehead atoms. The van der Waals surface area contributed by atoms with Crippen molar-refractivity contribution in [2.45, 2.75) is 19.4 Å². The van der Waals surface area contributed by atoms with Crippen LogP contribution in [0.5, 0.6) is 0 Å². The number of imidazole rings is 1. The van der Waals surface area contributed by atoms with E-state index in [0.29, 0.717) is 28.7 Å². The molecule has 1 atom stereocenters. The molecule has 7 heteroatoms. The molecule has 2 aliphatic rings. The lowest BCUT2D eigenvalue weighted by molar-refractivity contribution is 0.0841. The summed E-state index contributed by atoms with van der Waals surface area (Å²) < 4.78 is 0.569. The van der Waals surface area contributed by atoms with Gasteiger partial charge in [0.15, 0.2) is 16.2 Å². The van der Waals surface area contributed by atoms with E-state index in [1.165, 1.54) is 5.56 Å². The van der Waals surface area contributed by atoms with E-state index in [1.807, 2.05) is 30.0 Å². The zero-order chi connectivity index (χ0) is 16.0. The van der Waals surface area contributed by atoms with E-state index in [9.17, 15) is 4.79 Å². The van der Waals surface area contributed by atoms with E-state index in [2.05, 4.69) is 38.0 Å². The van der Waals surface area contributed by atoms with Crippen LogP contribution in [0.3, 0.4) is 0 Å². The number of rotatable bonds is 3. The van der Waals surface area contributed by atoms with Gasteiger partial charge in [0.05, 0.1) is 12.6 Å². The second kappa shape index (κ2) is 5.49. The number of H-pyrrole nitrogens is 1. The lowest BCUT2D eigenvalue weighted by Gasteiger charge is -2.32. The number of carbonyl (C=O) groups excluding carboxylic acids is 1. The largest absolute Gasteiger partial charge is 0.327 e. The Hall–Kier alpha value is -2.15. The van der Waals surface area contributed by atoms with E-state index in [1.54, 1.807) is 4.90 Å². The number of nitrogens with zero attached hydrogens (tertiary/aromatic N) is 4. The predicted molar refractivity (Wildman–Crippen MR) is 91.7 cm³/mol. The van der Waals surface area contributed by atoms with Crippen LogP contribution in [-0.2, 0) is 6.42 Å². The van der Waals surface area contributed by atoms with E-state index in [-0.39, 0.29) is 11.9 Å². The number of fused-ring (bicyclic) bond motifs is 3. The molecule has 1 aromatic heterocycles. The summed E-state index contributed by atoms with van der Waals surface area (Å²) in [7, 11) is 0. The fraction of sp³-hybridized carbons (Fsp3) is 0.312. The first kappa shape index (κ1) is 14.4. The van der Waals surface area contributed by atoms with Crippen LogP contribution in [0, 0.1) is 0 Å². The van der Waals surface area contributed by atoms with Crippen molar-refractivity contribution in [3.63, 3.8) is 0 Å². The van der Waals surface area contributed by atoms with Gasteiger partial charge in [-0.3, -0.25) is 14.6 Å². The molecule has 118 valence electrons. The first-order chi connectivity index (χ1) is 11.2. The van der Waals surface area contributed by atoms with E-state index in [0.717, 1.165) is 13.0 Å². The third-order valence-electron chi connectivity index (χ3n) is 4.18. The number of hydrogen-bond acceptors (Lipinski definition) is 4. The number of guanidine groups is 1. The van der Waals surface area contributed by atoms with Crippen molar-refractivity contribution in [3.8, 4) is 0 Å². The highest BCUT2D eigenvalue weighted by Crippen LogP contribution is 2.32. The first-order valence-corrected chi connectivity index (χ1v) is 8.43. The molecule has 1 amide bonds. The number of anilines is 1. The average Bonchev–Trinajstić information content (AvgIpc) is 3.12. The summed E-state index contributed by atoms with van der Waals surface area (Å²) in [5.74, 6) is 1.31. The molecule has 1 N–H and O–H groups in total. The third-order valence-corrected chi connectivity index (χ3v) is 4.55. The second-order valence-electron chi connectivity index (χ2n) is 5.66. The minimum absolute atomic E-state index is 0.0731. The topological polar surface area (TPSA) is 64.6 Å². The average molecular weight is 374 g/mol. The molecule has 0 fully saturated rings. The number of aromatic nitrogens is 2. The molecule has 0 saturated heterocycles. The van der Waals surface area contributed by atoms with Crippen LogP contribution in [-0.4, -0.2) is 45.9 Å². The molecule has 3 heterocycles. The van der Waals surface area contributed by atoms with Gasteiger partial charge >= 0.3 is 0 Å². The van der Waals surface area contributed by atoms with Crippen molar-refractivity contribution in [2.75, 3.05) is 18.0 Å². The number of halogens is 1. The molecule has 0 unspecified atom stereocenters. The summed E-state index contributed by atoms with van der Waals surface area (Å²) in [4.78, 5) is 28.6. The Labute approximate surface area is 142 Å². The summed E-state index contributed by atoms with van der Waals surface area (Å²) in [5.41, 5.74) is 1.78. The van der Waals surface area contributed by atoms with Crippen molar-refractivity contribution in [2.24, 2.45) is 4.99 Å². The van der Waals surface area contributed by atoms with Gasteiger partial charge in [0.25, 0.3) is 5.91 Å². The van der Waals surface area contributed by atoms with Crippen LogP contribution in [0.4, 0.5) is 5.82 Å². The molecule has 1 aromatic carbocycles. The van der Waals surface area contributed by atoms with Crippen LogP contribution in [0.15, 0.2) is 40.1 Å². The number of benzene rings is 1. The van der Waals surface area contributed by atoms with Gasteiger partial charge in [0.1, 0.15) is 0 Å². The van der Waals surface area contributed by atoms with Crippen LogP contribution in [0.1, 0.15) is 23.0 Å². The highest BCUT2D eigenvalue weighted by atomic mass is 79.9. The van der Waals surface area contributed by atoms with Gasteiger partial charge in [0.2, 0.25) is 5.96 Å². The Kier molecular flexibility index (Phi) is 3.45. The van der Waals surface area contributed by atoms with Gasteiger partial charge in [-0.1, -0.05) is 30.3 Å². The van der Waals surface area contributed by atoms with Gasteiger partial charge in [-0.2, -0.15) is 0 Å². The van der Waals surface area contributed by atoms with E-state index in [4.69, 9.17) is 4.99 Å². The fourth-order valence-corrected chi connectivity index (χ4v) is 3.52. The van der Waals surface area contributed by atoms with Crippen molar-refractivity contribution in [1.29, 1.82) is 0 Å². The van der Waals surface area contributed by atoms with Crippen LogP contribution < -0.4 is 4.90 Å². The normalized spacial score (nSPS) is 19.7.